The molecule has 3 aromatic heterocycles. The van der Waals surface area contributed by atoms with E-state index in [1.165, 1.54) is 13.2 Å². The first-order chi connectivity index (χ1) is 18.9. The summed E-state index contributed by atoms with van der Waals surface area (Å²) in [6, 6.07) is 14.5. The molecule has 12 heteroatoms. The Morgan fingerprint density at radius 1 is 1.18 bits per heavy atom. The van der Waals surface area contributed by atoms with Gasteiger partial charge in [-0.1, -0.05) is 18.7 Å². The average Bonchev–Trinajstić information content (AvgIpc) is 3.36. The van der Waals surface area contributed by atoms with Crippen molar-refractivity contribution in [3.05, 3.63) is 89.0 Å². The summed E-state index contributed by atoms with van der Waals surface area (Å²) in [7, 11) is 1.52. The Morgan fingerprint density at radius 3 is 2.69 bits per heavy atom. The Balaban J connectivity index is 1.61. The van der Waals surface area contributed by atoms with Crippen LogP contribution in [0.4, 0.5) is 5.82 Å². The van der Waals surface area contributed by atoms with Crippen LogP contribution in [0.15, 0.2) is 72.2 Å². The molecule has 0 atom stereocenters. The summed E-state index contributed by atoms with van der Waals surface area (Å²) in [5.41, 5.74) is 9.34. The van der Waals surface area contributed by atoms with Crippen LogP contribution in [0.3, 0.4) is 0 Å². The second kappa shape index (κ2) is 10.5. The third-order valence-corrected chi connectivity index (χ3v) is 5.88. The van der Waals surface area contributed by atoms with Gasteiger partial charge < -0.3 is 20.5 Å². The molecule has 5 rings (SSSR count). The first-order valence-electron chi connectivity index (χ1n) is 11.8. The molecule has 0 aliphatic carbocycles. The van der Waals surface area contributed by atoms with E-state index >= 15 is 0 Å². The summed E-state index contributed by atoms with van der Waals surface area (Å²) >= 11 is 0. The van der Waals surface area contributed by atoms with E-state index in [1.807, 2.05) is 31.2 Å². The minimum Gasteiger partial charge on any atom is -0.493 e. The minimum absolute atomic E-state index is 0.113. The lowest BCUT2D eigenvalue weighted by Crippen LogP contribution is -2.19. The number of aromatic amines is 1. The zero-order valence-corrected chi connectivity index (χ0v) is 21.1. The van der Waals surface area contributed by atoms with Gasteiger partial charge >= 0.3 is 6.01 Å². The van der Waals surface area contributed by atoms with E-state index in [-0.39, 0.29) is 23.3 Å². The number of nitrogens with zero attached hydrogens (tertiary/aromatic N) is 5. The fourth-order valence-electron chi connectivity index (χ4n) is 3.98. The monoisotopic (exact) mass is 524 g/mol. The van der Waals surface area contributed by atoms with Crippen molar-refractivity contribution < 1.29 is 14.3 Å². The predicted molar refractivity (Wildman–Crippen MR) is 145 cm³/mol. The fourth-order valence-corrected chi connectivity index (χ4v) is 3.98. The van der Waals surface area contributed by atoms with Gasteiger partial charge in [0.2, 0.25) is 5.91 Å². The lowest BCUT2D eigenvalue weighted by Gasteiger charge is -2.13. The smallest absolute Gasteiger partial charge is 0.322 e. The van der Waals surface area contributed by atoms with Crippen molar-refractivity contribution in [2.75, 3.05) is 12.8 Å². The zero-order chi connectivity index (χ0) is 27.5. The molecule has 0 unspecified atom stereocenters. The topological polar surface area (TPSA) is 163 Å². The van der Waals surface area contributed by atoms with Gasteiger partial charge in [0, 0.05) is 24.0 Å². The van der Waals surface area contributed by atoms with Crippen molar-refractivity contribution in [2.45, 2.75) is 13.5 Å². The van der Waals surface area contributed by atoms with Gasteiger partial charge in [0.05, 0.1) is 23.9 Å². The van der Waals surface area contributed by atoms with Crippen molar-refractivity contribution in [2.24, 2.45) is 0 Å². The van der Waals surface area contributed by atoms with Gasteiger partial charge in [0.15, 0.2) is 22.8 Å². The van der Waals surface area contributed by atoms with Crippen molar-refractivity contribution in [3.8, 4) is 34.5 Å². The number of nitrogens with one attached hydrogen (secondary N) is 2. The second-order valence-corrected chi connectivity index (χ2v) is 8.46. The van der Waals surface area contributed by atoms with E-state index in [2.05, 4.69) is 37.2 Å². The first kappa shape index (κ1) is 25.1. The van der Waals surface area contributed by atoms with Crippen LogP contribution < -0.4 is 26.1 Å². The molecule has 1 amide bonds. The van der Waals surface area contributed by atoms with Gasteiger partial charge in [-0.15, -0.1) is 0 Å². The number of carbonyl (C=O) groups excluding carboxylic acids is 1. The van der Waals surface area contributed by atoms with Gasteiger partial charge in [0.25, 0.3) is 5.56 Å². The average molecular weight is 525 g/mol. The third kappa shape index (κ3) is 5.03. The zero-order valence-electron chi connectivity index (χ0n) is 21.1. The highest BCUT2D eigenvalue weighted by Gasteiger charge is 2.22. The van der Waals surface area contributed by atoms with Crippen LogP contribution in [0.1, 0.15) is 11.3 Å². The molecule has 0 aliphatic heterocycles. The van der Waals surface area contributed by atoms with Crippen LogP contribution in [0.2, 0.25) is 0 Å². The molecule has 0 spiro atoms. The number of hydrogen-bond donors (Lipinski definition) is 3. The van der Waals surface area contributed by atoms with Crippen LogP contribution in [-0.4, -0.2) is 43.0 Å². The lowest BCUT2D eigenvalue weighted by atomic mass is 10.1. The van der Waals surface area contributed by atoms with Crippen molar-refractivity contribution in [1.82, 2.24) is 35.3 Å². The van der Waals surface area contributed by atoms with Crippen LogP contribution in [-0.2, 0) is 11.3 Å². The molecular formula is C27H24N8O4. The quantitative estimate of drug-likeness (QED) is 0.259. The van der Waals surface area contributed by atoms with Crippen molar-refractivity contribution in [3.63, 3.8) is 0 Å². The number of aromatic nitrogens is 6. The highest BCUT2D eigenvalue weighted by molar-refractivity contribution is 6.00. The van der Waals surface area contributed by atoms with Crippen molar-refractivity contribution >= 4 is 22.6 Å². The van der Waals surface area contributed by atoms with Gasteiger partial charge in [0.1, 0.15) is 0 Å². The summed E-state index contributed by atoms with van der Waals surface area (Å²) < 4.78 is 13.1. The molecule has 3 heterocycles. The number of hydrogen-bond acceptors (Lipinski definition) is 9. The highest BCUT2D eigenvalue weighted by Crippen LogP contribution is 2.38. The van der Waals surface area contributed by atoms with E-state index in [1.54, 1.807) is 35.1 Å². The number of ether oxygens (including phenoxy) is 2. The SMILES string of the molecule is C=CC(=O)NCc1ccc(-n2nc3c(=O)[nH]nc(N)c3c2-c2ccc(Oc3nccc(C)n3)c(OC)c2)cc1. The maximum absolute atomic E-state index is 12.6. The molecule has 12 nitrogen and oxygen atoms in total. The summed E-state index contributed by atoms with van der Waals surface area (Å²) in [5.74, 6) is 0.652. The van der Waals surface area contributed by atoms with Crippen molar-refractivity contribution in [1.29, 1.82) is 0 Å². The maximum Gasteiger partial charge on any atom is 0.322 e. The largest absolute Gasteiger partial charge is 0.493 e. The van der Waals surface area contributed by atoms with E-state index in [0.717, 1.165) is 11.3 Å². The number of methoxy groups -OCH3 is 1. The van der Waals surface area contributed by atoms with Gasteiger partial charge in [-0.05, 0) is 55.0 Å². The molecule has 5 aromatic rings. The van der Waals surface area contributed by atoms with E-state index < -0.39 is 5.56 Å². The molecule has 4 N–H and O–H groups in total. The lowest BCUT2D eigenvalue weighted by molar-refractivity contribution is -0.116. The molecule has 0 fully saturated rings. The number of fused-ring (bicyclic) bond motifs is 1. The molecule has 0 saturated heterocycles. The Bertz CT molecular complexity index is 1760. The Kier molecular flexibility index (Phi) is 6.74. The highest BCUT2D eigenvalue weighted by atomic mass is 16.5. The van der Waals surface area contributed by atoms with Crippen LogP contribution in [0.25, 0.3) is 27.8 Å². The standard InChI is InChI=1S/C27H24N8O4/c1-4-21(36)30-14-16-5-8-18(9-6-16)35-24(22-23(34-35)26(37)33-32-25(22)28)17-7-10-19(20(13-17)38-3)39-27-29-12-11-15(2)31-27/h4-13H,1,14H2,2-3H3,(H2,28,32)(H,30,36)(H,33,37). The molecule has 0 bridgehead atoms. The van der Waals surface area contributed by atoms with E-state index in [9.17, 15) is 9.59 Å². The summed E-state index contributed by atoms with van der Waals surface area (Å²) in [5, 5.41) is 14.0. The minimum atomic E-state index is -0.480. The summed E-state index contributed by atoms with van der Waals surface area (Å²) in [6.45, 7) is 5.62. The maximum atomic E-state index is 12.6. The van der Waals surface area contributed by atoms with Crippen LogP contribution in [0.5, 0.6) is 17.5 Å². The molecular weight excluding hydrogens is 500 g/mol. The number of nitrogen functional groups attached to an aromatic ring is 1. The predicted octanol–water partition coefficient (Wildman–Crippen LogP) is 3.06. The Morgan fingerprint density at radius 2 is 1.97 bits per heavy atom. The van der Waals surface area contributed by atoms with Gasteiger partial charge in [-0.3, -0.25) is 9.59 Å². The number of amides is 1. The molecule has 0 radical (unpaired) electrons. The van der Waals surface area contributed by atoms with Gasteiger partial charge in [-0.25, -0.2) is 19.7 Å². The normalized spacial score (nSPS) is 10.8. The Hall–Kier alpha value is -5.52. The molecule has 0 aliphatic rings. The summed E-state index contributed by atoms with van der Waals surface area (Å²) in [6.07, 6.45) is 2.82. The number of carbonyl (C=O) groups is 1. The molecule has 0 saturated carbocycles. The first-order valence-corrected chi connectivity index (χ1v) is 11.8. The Labute approximate surface area is 222 Å². The second-order valence-electron chi connectivity index (χ2n) is 8.46. The summed E-state index contributed by atoms with van der Waals surface area (Å²) in [4.78, 5) is 32.6. The van der Waals surface area contributed by atoms with Gasteiger partial charge in [-0.2, -0.15) is 10.2 Å². The van der Waals surface area contributed by atoms with Crippen LogP contribution >= 0.6 is 0 Å². The number of aryl methyl sites for hydroxylation is 1. The number of anilines is 1. The van der Waals surface area contributed by atoms with E-state index in [4.69, 9.17) is 15.2 Å². The number of benzene rings is 2. The molecule has 2 aromatic carbocycles. The molecule has 39 heavy (non-hydrogen) atoms. The third-order valence-electron chi connectivity index (χ3n) is 5.88. The van der Waals surface area contributed by atoms with E-state index in [0.29, 0.717) is 40.4 Å². The molecule has 196 valence electrons. The fraction of sp³-hybridized carbons (Fsp3) is 0.111. The number of rotatable bonds is 8. The van der Waals surface area contributed by atoms with Crippen LogP contribution in [0, 0.1) is 6.92 Å². The number of nitrogens with two attached hydrogens (primary N) is 1. The number of H-pyrrole nitrogens is 1.